The zero-order chi connectivity index (χ0) is 18.3. The molecular formula is C12H6F6N2O3S. The van der Waals surface area contributed by atoms with E-state index in [0.29, 0.717) is 0 Å². The van der Waals surface area contributed by atoms with Crippen molar-refractivity contribution in [3.63, 3.8) is 0 Å². The summed E-state index contributed by atoms with van der Waals surface area (Å²) in [6, 6.07) is 6.63. The first-order chi connectivity index (χ1) is 10.9. The van der Waals surface area contributed by atoms with Crippen molar-refractivity contribution in [1.82, 2.24) is 0 Å². The normalized spacial score (nSPS) is 16.0. The number of hydrogen-bond acceptors (Lipinski definition) is 4. The van der Waals surface area contributed by atoms with E-state index >= 15 is 0 Å². The molecule has 1 aromatic rings. The molecule has 0 amide bonds. The third kappa shape index (κ3) is 2.82. The summed E-state index contributed by atoms with van der Waals surface area (Å²) in [5, 5.41) is 9.25. The fourth-order valence-corrected chi connectivity index (χ4v) is 2.29. The van der Waals surface area contributed by atoms with E-state index < -0.39 is 44.8 Å². The van der Waals surface area contributed by atoms with Gasteiger partial charge in [0.15, 0.2) is 5.84 Å². The number of halogens is 6. The van der Waals surface area contributed by atoms with E-state index in [2.05, 4.69) is 9.98 Å². The number of amidine groups is 1. The van der Waals surface area contributed by atoms with Crippen LogP contribution in [0.3, 0.4) is 0 Å². The lowest BCUT2D eigenvalue weighted by Crippen LogP contribution is -2.61. The minimum absolute atomic E-state index is 0.0813. The standard InChI is InChI=1S/C12H6F6N2O3S/c13-11(14,15)10(21,12(16,17)18)9-19-7(8(20-9)24(22)23)6-4-2-1-3-5-6/h1-5,21H. The highest BCUT2D eigenvalue weighted by molar-refractivity contribution is 7.75. The summed E-state index contributed by atoms with van der Waals surface area (Å²) >= 11 is 0. The Hall–Kier alpha value is -2.21. The molecule has 0 unspecified atom stereocenters. The minimum atomic E-state index is -6.21. The molecule has 2 rings (SSSR count). The molecule has 0 radical (unpaired) electrons. The molecule has 0 aromatic heterocycles. The summed E-state index contributed by atoms with van der Waals surface area (Å²) in [6.07, 6.45) is -12.4. The molecule has 1 aromatic carbocycles. The van der Waals surface area contributed by atoms with Crippen LogP contribution in [-0.4, -0.2) is 48.0 Å². The number of aliphatic imine (C=N–C) groups is 2. The van der Waals surface area contributed by atoms with Crippen LogP contribution in [0.1, 0.15) is 5.56 Å². The molecule has 5 nitrogen and oxygen atoms in total. The van der Waals surface area contributed by atoms with Gasteiger partial charge >= 0.3 is 18.0 Å². The van der Waals surface area contributed by atoms with Crippen LogP contribution in [0.2, 0.25) is 0 Å². The highest BCUT2D eigenvalue weighted by atomic mass is 32.2. The molecule has 0 fully saturated rings. The average molecular weight is 372 g/mol. The highest BCUT2D eigenvalue weighted by Crippen LogP contribution is 2.45. The van der Waals surface area contributed by atoms with Gasteiger partial charge in [0.2, 0.25) is 15.3 Å². The second-order valence-electron chi connectivity index (χ2n) is 4.51. The molecule has 0 saturated heterocycles. The first-order valence-corrected chi connectivity index (χ1v) is 7.02. The van der Waals surface area contributed by atoms with E-state index in [0.717, 1.165) is 0 Å². The lowest BCUT2D eigenvalue weighted by Gasteiger charge is -2.30. The summed E-state index contributed by atoms with van der Waals surface area (Å²) < 4.78 is 99.1. The second kappa shape index (κ2) is 5.70. The first kappa shape index (κ1) is 18.1. The van der Waals surface area contributed by atoms with E-state index in [1.165, 1.54) is 30.3 Å². The Balaban J connectivity index is 2.74. The first-order valence-electron chi connectivity index (χ1n) is 5.95. The van der Waals surface area contributed by atoms with Crippen molar-refractivity contribution in [1.29, 1.82) is 0 Å². The van der Waals surface area contributed by atoms with E-state index in [4.69, 9.17) is 0 Å². The lowest BCUT2D eigenvalue weighted by atomic mass is 10.0. The van der Waals surface area contributed by atoms with E-state index in [9.17, 15) is 39.9 Å². The summed E-state index contributed by atoms with van der Waals surface area (Å²) in [5.74, 6) is -2.11. The predicted octanol–water partition coefficient (Wildman–Crippen LogP) is 1.75. The Bertz CT molecular complexity index is 831. The van der Waals surface area contributed by atoms with E-state index in [-0.39, 0.29) is 5.56 Å². The number of aliphatic hydroxyl groups is 1. The topological polar surface area (TPSA) is 79.1 Å². The van der Waals surface area contributed by atoms with Crippen molar-refractivity contribution in [3.05, 3.63) is 35.9 Å². The summed E-state index contributed by atoms with van der Waals surface area (Å²) in [4.78, 5) is 4.65. The zero-order valence-electron chi connectivity index (χ0n) is 11.2. The van der Waals surface area contributed by atoms with Crippen LogP contribution in [-0.2, 0) is 10.3 Å². The molecule has 1 heterocycles. The maximum atomic E-state index is 12.8. The summed E-state index contributed by atoms with van der Waals surface area (Å²) in [6.45, 7) is 0. The van der Waals surface area contributed by atoms with Crippen LogP contribution in [0.5, 0.6) is 0 Å². The van der Waals surface area contributed by atoms with Gasteiger partial charge in [-0.1, -0.05) is 30.3 Å². The Morgan fingerprint density at radius 1 is 0.875 bits per heavy atom. The number of hydrogen-bond donors (Lipinski definition) is 1. The average Bonchev–Trinajstić information content (AvgIpc) is 2.90. The Kier molecular flexibility index (Phi) is 4.31. The van der Waals surface area contributed by atoms with Gasteiger partial charge in [-0.15, -0.1) is 0 Å². The minimum Gasteiger partial charge on any atom is -0.367 e. The smallest absolute Gasteiger partial charge is 0.367 e. The van der Waals surface area contributed by atoms with Crippen LogP contribution in [0.4, 0.5) is 26.3 Å². The lowest BCUT2D eigenvalue weighted by molar-refractivity contribution is -0.338. The molecule has 0 saturated carbocycles. The van der Waals surface area contributed by atoms with E-state index in [1.807, 2.05) is 0 Å². The second-order valence-corrected chi connectivity index (χ2v) is 5.36. The third-order valence-electron chi connectivity index (χ3n) is 2.98. The van der Waals surface area contributed by atoms with E-state index in [1.54, 1.807) is 0 Å². The molecular weight excluding hydrogens is 366 g/mol. The van der Waals surface area contributed by atoms with Crippen molar-refractivity contribution in [2.24, 2.45) is 9.98 Å². The van der Waals surface area contributed by atoms with Crippen LogP contribution >= 0.6 is 0 Å². The van der Waals surface area contributed by atoms with Crippen LogP contribution in [0.15, 0.2) is 40.3 Å². The molecule has 0 atom stereocenters. The van der Waals surface area contributed by atoms with Gasteiger partial charge < -0.3 is 5.11 Å². The number of alkyl halides is 6. The van der Waals surface area contributed by atoms with Crippen molar-refractivity contribution < 1.29 is 39.9 Å². The van der Waals surface area contributed by atoms with Gasteiger partial charge in [0, 0.05) is 5.56 Å². The van der Waals surface area contributed by atoms with Gasteiger partial charge in [0.05, 0.1) is 0 Å². The van der Waals surface area contributed by atoms with Gasteiger partial charge in [-0.05, 0) is 0 Å². The fraction of sp³-hybridized carbons (Fsp3) is 0.250. The van der Waals surface area contributed by atoms with Gasteiger partial charge in [0.25, 0.3) is 0 Å². The largest absolute Gasteiger partial charge is 0.433 e. The third-order valence-corrected chi connectivity index (χ3v) is 3.58. The summed E-state index contributed by atoms with van der Waals surface area (Å²) in [7, 11) is -3.28. The molecule has 1 aliphatic heterocycles. The van der Waals surface area contributed by atoms with Crippen molar-refractivity contribution >= 4 is 26.8 Å². The van der Waals surface area contributed by atoms with Gasteiger partial charge in [-0.3, -0.25) is 0 Å². The Morgan fingerprint density at radius 3 is 1.79 bits per heavy atom. The quantitative estimate of drug-likeness (QED) is 0.635. The molecule has 0 bridgehead atoms. The van der Waals surface area contributed by atoms with Crippen molar-refractivity contribution in [3.8, 4) is 0 Å². The Labute approximate surface area is 131 Å². The molecule has 0 spiro atoms. The number of nitrogens with zero attached hydrogens (tertiary/aromatic N) is 2. The molecule has 130 valence electrons. The van der Waals surface area contributed by atoms with Crippen LogP contribution in [0.25, 0.3) is 0 Å². The number of benzene rings is 1. The molecule has 1 N–H and O–H groups in total. The molecule has 1 aliphatic rings. The van der Waals surface area contributed by atoms with Crippen LogP contribution in [0, 0.1) is 0 Å². The summed E-state index contributed by atoms with van der Waals surface area (Å²) in [5.41, 5.74) is -6.21. The molecule has 0 aliphatic carbocycles. The molecule has 12 heteroatoms. The van der Waals surface area contributed by atoms with Crippen molar-refractivity contribution in [2.75, 3.05) is 0 Å². The molecule has 24 heavy (non-hydrogen) atoms. The van der Waals surface area contributed by atoms with Gasteiger partial charge in [-0.25, -0.2) is 9.98 Å². The monoisotopic (exact) mass is 372 g/mol. The highest BCUT2D eigenvalue weighted by Gasteiger charge is 2.74. The van der Waals surface area contributed by atoms with Gasteiger partial charge in [0.1, 0.15) is 5.71 Å². The number of rotatable bonds is 2. The maximum absolute atomic E-state index is 12.8. The predicted molar refractivity (Wildman–Crippen MR) is 71.4 cm³/mol. The fourth-order valence-electron chi connectivity index (χ4n) is 1.80. The van der Waals surface area contributed by atoms with Crippen molar-refractivity contribution in [2.45, 2.75) is 18.0 Å². The zero-order valence-corrected chi connectivity index (χ0v) is 12.0. The maximum Gasteiger partial charge on any atom is 0.433 e. The van der Waals surface area contributed by atoms with Crippen LogP contribution < -0.4 is 0 Å². The van der Waals surface area contributed by atoms with Gasteiger partial charge in [-0.2, -0.15) is 34.8 Å². The Morgan fingerprint density at radius 2 is 1.38 bits per heavy atom. The SMILES string of the molecule is O=S(=O)=C1N=C(C(O)(C(F)(F)F)C(F)(F)F)N=C1c1ccccc1.